The van der Waals surface area contributed by atoms with Crippen molar-refractivity contribution in [1.29, 1.82) is 0 Å². The summed E-state index contributed by atoms with van der Waals surface area (Å²) in [4.78, 5) is 14.4. The third kappa shape index (κ3) is 4.67. The zero-order valence-corrected chi connectivity index (χ0v) is 12.1. The summed E-state index contributed by atoms with van der Waals surface area (Å²) >= 11 is 3.21. The van der Waals surface area contributed by atoms with Gasteiger partial charge in [0.25, 0.3) is 5.91 Å². The van der Waals surface area contributed by atoms with Crippen LogP contribution in [-0.4, -0.2) is 23.7 Å². The van der Waals surface area contributed by atoms with Gasteiger partial charge in [-0.1, -0.05) is 0 Å². The predicted molar refractivity (Wildman–Crippen MR) is 76.6 cm³/mol. The molecule has 0 unspecified atom stereocenters. The Morgan fingerprint density at radius 3 is 2.67 bits per heavy atom. The smallest absolute Gasteiger partial charge is 0.387 e. The molecule has 2 N–H and O–H groups in total. The highest BCUT2D eigenvalue weighted by Crippen LogP contribution is 2.14. The number of ether oxygens (including phenoxy) is 1. The summed E-state index contributed by atoms with van der Waals surface area (Å²) in [5.41, 5.74) is 3.32. The molecule has 0 fully saturated rings. The Morgan fingerprint density at radius 2 is 2.10 bits per heavy atom. The van der Waals surface area contributed by atoms with Crippen molar-refractivity contribution >= 4 is 28.1 Å². The lowest BCUT2D eigenvalue weighted by atomic mass is 10.2. The topological polar surface area (TPSA) is 66.5 Å². The molecule has 5 nitrogen and oxygen atoms in total. The van der Waals surface area contributed by atoms with Gasteiger partial charge in [-0.25, -0.2) is 5.43 Å². The third-order valence-corrected chi connectivity index (χ3v) is 2.84. The number of benzene rings is 1. The second-order valence-electron chi connectivity index (χ2n) is 3.88. The number of hydrogen-bond acceptors (Lipinski definition) is 3. The van der Waals surface area contributed by atoms with E-state index in [-0.39, 0.29) is 5.75 Å². The summed E-state index contributed by atoms with van der Waals surface area (Å²) in [5.74, 6) is -0.336. The minimum absolute atomic E-state index is 0.0578. The van der Waals surface area contributed by atoms with E-state index < -0.39 is 12.5 Å². The summed E-state index contributed by atoms with van der Waals surface area (Å²) < 4.78 is 28.9. The predicted octanol–water partition coefficient (Wildman–Crippen LogP) is 3.14. The molecular weight excluding hydrogens is 348 g/mol. The summed E-state index contributed by atoms with van der Waals surface area (Å²) in [6.07, 6.45) is 3.02. The van der Waals surface area contributed by atoms with Crippen LogP contribution in [0, 0.1) is 0 Å². The fourth-order valence-corrected chi connectivity index (χ4v) is 1.80. The van der Waals surface area contributed by atoms with Gasteiger partial charge in [-0.2, -0.15) is 13.9 Å². The molecule has 1 heterocycles. The Hall–Kier alpha value is -2.22. The number of aromatic amines is 1. The average Bonchev–Trinajstić information content (AvgIpc) is 2.87. The van der Waals surface area contributed by atoms with Crippen molar-refractivity contribution in [2.24, 2.45) is 5.10 Å². The fraction of sp³-hybridized carbons (Fsp3) is 0.0769. The van der Waals surface area contributed by atoms with Gasteiger partial charge in [0.15, 0.2) is 0 Å². The van der Waals surface area contributed by atoms with Crippen molar-refractivity contribution < 1.29 is 18.3 Å². The number of aromatic nitrogens is 1. The molecule has 0 saturated heterocycles. The van der Waals surface area contributed by atoms with Crippen LogP contribution in [0.4, 0.5) is 8.78 Å². The molecule has 0 atom stereocenters. The Labute approximate surface area is 127 Å². The van der Waals surface area contributed by atoms with Crippen LogP contribution in [0.3, 0.4) is 0 Å². The Morgan fingerprint density at radius 1 is 1.38 bits per heavy atom. The maximum absolute atomic E-state index is 12.0. The lowest BCUT2D eigenvalue weighted by Gasteiger charge is -2.03. The molecule has 0 saturated carbocycles. The van der Waals surface area contributed by atoms with E-state index in [2.05, 4.69) is 36.2 Å². The molecule has 0 radical (unpaired) electrons. The van der Waals surface area contributed by atoms with Crippen LogP contribution in [-0.2, 0) is 0 Å². The van der Waals surface area contributed by atoms with Gasteiger partial charge >= 0.3 is 6.61 Å². The second-order valence-corrected chi connectivity index (χ2v) is 4.79. The maximum Gasteiger partial charge on any atom is 0.387 e. The highest BCUT2D eigenvalue weighted by molar-refractivity contribution is 9.10. The maximum atomic E-state index is 12.0. The van der Waals surface area contributed by atoms with Gasteiger partial charge in [-0.3, -0.25) is 4.79 Å². The zero-order chi connectivity index (χ0) is 15.2. The van der Waals surface area contributed by atoms with E-state index in [0.29, 0.717) is 11.3 Å². The molecule has 0 aliphatic carbocycles. The number of amides is 1. The van der Waals surface area contributed by atoms with E-state index in [1.165, 1.54) is 18.3 Å². The van der Waals surface area contributed by atoms with Crippen molar-refractivity contribution in [3.05, 3.63) is 52.3 Å². The Bertz CT molecular complexity index is 641. The highest BCUT2D eigenvalue weighted by atomic mass is 79.9. The summed E-state index contributed by atoms with van der Waals surface area (Å²) in [6.45, 7) is -2.86. The zero-order valence-electron chi connectivity index (χ0n) is 10.5. The summed E-state index contributed by atoms with van der Waals surface area (Å²) in [5, 5.41) is 3.77. The van der Waals surface area contributed by atoms with Crippen LogP contribution in [0.5, 0.6) is 5.75 Å². The molecule has 0 aliphatic rings. The van der Waals surface area contributed by atoms with E-state index in [1.54, 1.807) is 24.4 Å². The number of alkyl halides is 2. The number of rotatable bonds is 5. The van der Waals surface area contributed by atoms with Crippen molar-refractivity contribution in [3.8, 4) is 5.75 Å². The lowest BCUT2D eigenvalue weighted by Crippen LogP contribution is -2.17. The Kier molecular flexibility index (Phi) is 5.04. The van der Waals surface area contributed by atoms with Gasteiger partial charge < -0.3 is 9.72 Å². The monoisotopic (exact) mass is 357 g/mol. The number of hydrazone groups is 1. The fourth-order valence-electron chi connectivity index (χ4n) is 1.46. The van der Waals surface area contributed by atoms with Crippen LogP contribution in [0.2, 0.25) is 0 Å². The molecule has 0 spiro atoms. The number of H-pyrrole nitrogens is 1. The van der Waals surface area contributed by atoms with Crippen LogP contribution >= 0.6 is 15.9 Å². The first kappa shape index (κ1) is 15.2. The number of nitrogens with one attached hydrogen (secondary N) is 2. The lowest BCUT2D eigenvalue weighted by molar-refractivity contribution is -0.0498. The van der Waals surface area contributed by atoms with E-state index in [0.717, 1.165) is 4.47 Å². The molecule has 1 aromatic heterocycles. The standard InChI is InChI=1S/C13H10BrF2N3O2/c14-9-5-11(17-7-9)12(20)19-18-6-8-1-3-10(4-2-8)21-13(15)16/h1-7,13,17H,(H,19,20)/b18-6-. The number of hydrogen-bond donors (Lipinski definition) is 2. The first-order valence-corrected chi connectivity index (χ1v) is 6.56. The first-order valence-electron chi connectivity index (χ1n) is 5.77. The van der Waals surface area contributed by atoms with E-state index >= 15 is 0 Å². The molecule has 0 bridgehead atoms. The quantitative estimate of drug-likeness (QED) is 0.637. The molecule has 8 heteroatoms. The number of carbonyl (C=O) groups excluding carboxylic acids is 1. The highest BCUT2D eigenvalue weighted by Gasteiger charge is 2.06. The van der Waals surface area contributed by atoms with Gasteiger partial charge in [0.05, 0.1) is 6.21 Å². The largest absolute Gasteiger partial charge is 0.435 e. The average molecular weight is 358 g/mol. The molecule has 0 aliphatic heterocycles. The van der Waals surface area contributed by atoms with Gasteiger partial charge in [0.2, 0.25) is 0 Å². The number of nitrogens with zero attached hydrogens (tertiary/aromatic N) is 1. The van der Waals surface area contributed by atoms with E-state index in [4.69, 9.17) is 0 Å². The molecule has 110 valence electrons. The van der Waals surface area contributed by atoms with Gasteiger partial charge in [0.1, 0.15) is 11.4 Å². The third-order valence-electron chi connectivity index (χ3n) is 2.38. The van der Waals surface area contributed by atoms with E-state index in [9.17, 15) is 13.6 Å². The number of carbonyl (C=O) groups is 1. The van der Waals surface area contributed by atoms with Crippen LogP contribution in [0.1, 0.15) is 16.1 Å². The minimum Gasteiger partial charge on any atom is -0.435 e. The first-order chi connectivity index (χ1) is 10.0. The molecule has 1 amide bonds. The van der Waals surface area contributed by atoms with Crippen molar-refractivity contribution in [2.75, 3.05) is 0 Å². The molecule has 2 rings (SSSR count). The second kappa shape index (κ2) is 6.98. The molecule has 1 aromatic carbocycles. The molecule has 2 aromatic rings. The van der Waals surface area contributed by atoms with Gasteiger partial charge in [-0.15, -0.1) is 0 Å². The van der Waals surface area contributed by atoms with Crippen molar-refractivity contribution in [2.45, 2.75) is 6.61 Å². The van der Waals surface area contributed by atoms with Crippen LogP contribution in [0.15, 0.2) is 46.1 Å². The van der Waals surface area contributed by atoms with E-state index in [1.807, 2.05) is 0 Å². The van der Waals surface area contributed by atoms with Crippen molar-refractivity contribution in [1.82, 2.24) is 10.4 Å². The summed E-state index contributed by atoms with van der Waals surface area (Å²) in [7, 11) is 0. The SMILES string of the molecule is O=C(N/N=C\c1ccc(OC(F)F)cc1)c1cc(Br)c[nH]1. The van der Waals surface area contributed by atoms with Gasteiger partial charge in [0, 0.05) is 10.7 Å². The van der Waals surface area contributed by atoms with Crippen LogP contribution in [0.25, 0.3) is 0 Å². The van der Waals surface area contributed by atoms with Gasteiger partial charge in [-0.05, 0) is 51.8 Å². The number of halogens is 3. The summed E-state index contributed by atoms with van der Waals surface area (Å²) in [6, 6.07) is 7.47. The normalized spacial score (nSPS) is 11.0. The molecular formula is C13H10BrF2N3O2. The molecule has 21 heavy (non-hydrogen) atoms. The Balaban J connectivity index is 1.90. The van der Waals surface area contributed by atoms with Crippen LogP contribution < -0.4 is 10.2 Å². The minimum atomic E-state index is -2.86. The van der Waals surface area contributed by atoms with Crippen molar-refractivity contribution in [3.63, 3.8) is 0 Å².